The lowest BCUT2D eigenvalue weighted by molar-refractivity contribution is 0.163. The molecule has 120 valence electrons. The van der Waals surface area contributed by atoms with E-state index in [0.717, 1.165) is 38.9 Å². The molecule has 0 bridgehead atoms. The standard InChI is InChI=1S/C18H32N2O/c1-5-12-19-18(17-9-7-6-8-15(17)2)11-14-20(4)13-10-16(3)21/h6-9,16,18-19,21H,5,10-14H2,1-4H3. The van der Waals surface area contributed by atoms with Crippen LogP contribution in [0.1, 0.15) is 50.3 Å². The monoisotopic (exact) mass is 292 g/mol. The average molecular weight is 292 g/mol. The lowest BCUT2D eigenvalue weighted by Gasteiger charge is -2.24. The van der Waals surface area contributed by atoms with Gasteiger partial charge in [-0.15, -0.1) is 0 Å². The zero-order valence-electron chi connectivity index (χ0n) is 14.1. The molecule has 0 amide bonds. The fourth-order valence-corrected chi connectivity index (χ4v) is 2.53. The van der Waals surface area contributed by atoms with E-state index in [9.17, 15) is 5.11 Å². The summed E-state index contributed by atoms with van der Waals surface area (Å²) in [4.78, 5) is 2.31. The van der Waals surface area contributed by atoms with Crippen LogP contribution in [0.3, 0.4) is 0 Å². The molecule has 0 saturated heterocycles. The summed E-state index contributed by atoms with van der Waals surface area (Å²) < 4.78 is 0. The number of aliphatic hydroxyl groups is 1. The van der Waals surface area contributed by atoms with E-state index in [1.54, 1.807) is 0 Å². The van der Waals surface area contributed by atoms with Gasteiger partial charge < -0.3 is 15.3 Å². The second-order valence-electron chi connectivity index (χ2n) is 6.09. The third kappa shape index (κ3) is 7.07. The summed E-state index contributed by atoms with van der Waals surface area (Å²) in [6, 6.07) is 9.07. The Morgan fingerprint density at radius 3 is 2.48 bits per heavy atom. The van der Waals surface area contributed by atoms with E-state index < -0.39 is 0 Å². The number of nitrogens with zero attached hydrogens (tertiary/aromatic N) is 1. The molecule has 2 atom stereocenters. The number of benzene rings is 1. The first kappa shape index (κ1) is 18.1. The van der Waals surface area contributed by atoms with Crippen LogP contribution in [0.2, 0.25) is 0 Å². The maximum absolute atomic E-state index is 9.37. The quantitative estimate of drug-likeness (QED) is 0.695. The van der Waals surface area contributed by atoms with Crippen molar-refractivity contribution < 1.29 is 5.11 Å². The maximum atomic E-state index is 9.37. The van der Waals surface area contributed by atoms with Gasteiger partial charge in [0, 0.05) is 12.6 Å². The molecule has 3 heteroatoms. The van der Waals surface area contributed by atoms with E-state index in [0.29, 0.717) is 6.04 Å². The first-order chi connectivity index (χ1) is 10.0. The van der Waals surface area contributed by atoms with Gasteiger partial charge in [-0.3, -0.25) is 0 Å². The Bertz CT molecular complexity index is 393. The van der Waals surface area contributed by atoms with Crippen molar-refractivity contribution in [3.05, 3.63) is 35.4 Å². The molecule has 1 rings (SSSR count). The Morgan fingerprint density at radius 2 is 1.86 bits per heavy atom. The van der Waals surface area contributed by atoms with Crippen molar-refractivity contribution >= 4 is 0 Å². The molecule has 2 unspecified atom stereocenters. The summed E-state index contributed by atoms with van der Waals surface area (Å²) in [5, 5.41) is 13.0. The molecule has 21 heavy (non-hydrogen) atoms. The van der Waals surface area contributed by atoms with Gasteiger partial charge in [0.2, 0.25) is 0 Å². The molecule has 0 aromatic heterocycles. The van der Waals surface area contributed by atoms with Gasteiger partial charge in [-0.25, -0.2) is 0 Å². The summed E-state index contributed by atoms with van der Waals surface area (Å²) in [5.41, 5.74) is 2.77. The minimum atomic E-state index is -0.210. The molecular formula is C18H32N2O. The van der Waals surface area contributed by atoms with E-state index >= 15 is 0 Å². The minimum Gasteiger partial charge on any atom is -0.393 e. The molecule has 0 spiro atoms. The maximum Gasteiger partial charge on any atom is 0.0524 e. The summed E-state index contributed by atoms with van der Waals surface area (Å²) in [6.45, 7) is 9.29. The Morgan fingerprint density at radius 1 is 1.19 bits per heavy atom. The van der Waals surface area contributed by atoms with Gasteiger partial charge in [0.15, 0.2) is 0 Å². The largest absolute Gasteiger partial charge is 0.393 e. The number of nitrogens with one attached hydrogen (secondary N) is 1. The molecule has 1 aromatic rings. The zero-order valence-corrected chi connectivity index (χ0v) is 14.1. The molecule has 2 N–H and O–H groups in total. The minimum absolute atomic E-state index is 0.210. The number of aliphatic hydroxyl groups excluding tert-OH is 1. The number of hydrogen-bond donors (Lipinski definition) is 2. The lowest BCUT2D eigenvalue weighted by Crippen LogP contribution is -2.29. The first-order valence-electron chi connectivity index (χ1n) is 8.20. The van der Waals surface area contributed by atoms with Crippen LogP contribution in [0.25, 0.3) is 0 Å². The molecule has 0 aliphatic carbocycles. The van der Waals surface area contributed by atoms with Crippen LogP contribution in [0.5, 0.6) is 0 Å². The van der Waals surface area contributed by atoms with Crippen LogP contribution in [0.4, 0.5) is 0 Å². The van der Waals surface area contributed by atoms with E-state index in [-0.39, 0.29) is 6.10 Å². The fourth-order valence-electron chi connectivity index (χ4n) is 2.53. The van der Waals surface area contributed by atoms with Gasteiger partial charge in [-0.05, 0) is 64.4 Å². The summed E-state index contributed by atoms with van der Waals surface area (Å²) in [6.07, 6.45) is 2.88. The summed E-state index contributed by atoms with van der Waals surface area (Å²) in [5.74, 6) is 0. The highest BCUT2D eigenvalue weighted by Crippen LogP contribution is 2.21. The normalized spacial score (nSPS) is 14.4. The second-order valence-corrected chi connectivity index (χ2v) is 6.09. The number of hydrogen-bond acceptors (Lipinski definition) is 3. The molecule has 3 nitrogen and oxygen atoms in total. The van der Waals surface area contributed by atoms with E-state index in [4.69, 9.17) is 0 Å². The highest BCUT2D eigenvalue weighted by molar-refractivity contribution is 5.28. The molecule has 0 saturated carbocycles. The van der Waals surface area contributed by atoms with Gasteiger partial charge in [0.05, 0.1) is 6.10 Å². The van der Waals surface area contributed by atoms with Crippen molar-refractivity contribution in [2.24, 2.45) is 0 Å². The van der Waals surface area contributed by atoms with Gasteiger partial charge in [0.25, 0.3) is 0 Å². The summed E-state index contributed by atoms with van der Waals surface area (Å²) in [7, 11) is 2.14. The van der Waals surface area contributed by atoms with E-state index in [1.165, 1.54) is 11.1 Å². The van der Waals surface area contributed by atoms with Crippen LogP contribution < -0.4 is 5.32 Å². The zero-order chi connectivity index (χ0) is 15.7. The third-order valence-corrected chi connectivity index (χ3v) is 3.93. The van der Waals surface area contributed by atoms with E-state index in [1.807, 2.05) is 6.92 Å². The summed E-state index contributed by atoms with van der Waals surface area (Å²) >= 11 is 0. The Hall–Kier alpha value is -0.900. The van der Waals surface area contributed by atoms with Gasteiger partial charge >= 0.3 is 0 Å². The van der Waals surface area contributed by atoms with Crippen molar-refractivity contribution in [3.8, 4) is 0 Å². The van der Waals surface area contributed by atoms with Gasteiger partial charge in [-0.1, -0.05) is 31.2 Å². The SMILES string of the molecule is CCCNC(CCN(C)CCC(C)O)c1ccccc1C. The first-order valence-corrected chi connectivity index (χ1v) is 8.20. The lowest BCUT2D eigenvalue weighted by atomic mass is 9.98. The molecular weight excluding hydrogens is 260 g/mol. The average Bonchev–Trinajstić information content (AvgIpc) is 2.46. The van der Waals surface area contributed by atoms with Crippen LogP contribution in [0.15, 0.2) is 24.3 Å². The molecule has 1 aromatic carbocycles. The van der Waals surface area contributed by atoms with E-state index in [2.05, 4.69) is 55.4 Å². The van der Waals surface area contributed by atoms with Crippen molar-refractivity contribution in [3.63, 3.8) is 0 Å². The molecule has 0 radical (unpaired) electrons. The predicted octanol–water partition coefficient (Wildman–Crippen LogP) is 3.13. The van der Waals surface area contributed by atoms with Crippen LogP contribution in [-0.4, -0.2) is 42.8 Å². The topological polar surface area (TPSA) is 35.5 Å². The Kier molecular flexibility index (Phi) is 8.58. The molecule has 0 aliphatic heterocycles. The van der Waals surface area contributed by atoms with Gasteiger partial charge in [0.1, 0.15) is 0 Å². The third-order valence-electron chi connectivity index (χ3n) is 3.93. The van der Waals surface area contributed by atoms with Crippen molar-refractivity contribution in [1.29, 1.82) is 0 Å². The van der Waals surface area contributed by atoms with Crippen molar-refractivity contribution in [1.82, 2.24) is 10.2 Å². The Balaban J connectivity index is 2.56. The van der Waals surface area contributed by atoms with Crippen molar-refractivity contribution in [2.45, 2.75) is 52.2 Å². The van der Waals surface area contributed by atoms with Crippen molar-refractivity contribution in [2.75, 3.05) is 26.7 Å². The second kappa shape index (κ2) is 9.93. The molecule has 0 fully saturated rings. The highest BCUT2D eigenvalue weighted by atomic mass is 16.3. The molecule has 0 heterocycles. The van der Waals surface area contributed by atoms with Crippen LogP contribution in [-0.2, 0) is 0 Å². The Labute approximate surface area is 130 Å². The smallest absolute Gasteiger partial charge is 0.0524 e. The van der Waals surface area contributed by atoms with Crippen LogP contribution in [0, 0.1) is 6.92 Å². The molecule has 0 aliphatic rings. The van der Waals surface area contributed by atoms with Crippen LogP contribution >= 0.6 is 0 Å². The number of aryl methyl sites for hydroxylation is 1. The highest BCUT2D eigenvalue weighted by Gasteiger charge is 2.13. The fraction of sp³-hybridized carbons (Fsp3) is 0.667. The van der Waals surface area contributed by atoms with Gasteiger partial charge in [-0.2, -0.15) is 0 Å². The number of rotatable bonds is 10. The predicted molar refractivity (Wildman–Crippen MR) is 90.6 cm³/mol.